The van der Waals surface area contributed by atoms with Crippen molar-refractivity contribution in [2.24, 2.45) is 0 Å². The third-order valence-electron chi connectivity index (χ3n) is 2.30. The van der Waals surface area contributed by atoms with Crippen molar-refractivity contribution in [3.63, 3.8) is 0 Å². The first-order valence-corrected chi connectivity index (χ1v) is 3.73. The van der Waals surface area contributed by atoms with Gasteiger partial charge in [-0.1, -0.05) is 0 Å². The third kappa shape index (κ3) is 0.970. The van der Waals surface area contributed by atoms with E-state index in [0.717, 1.165) is 0 Å². The van der Waals surface area contributed by atoms with Crippen molar-refractivity contribution in [1.29, 1.82) is 0 Å². The molecule has 2 nitrogen and oxygen atoms in total. The van der Waals surface area contributed by atoms with E-state index in [2.05, 4.69) is 17.3 Å². The van der Waals surface area contributed by atoms with Crippen LogP contribution in [-0.2, 0) is 0 Å². The molecule has 2 heterocycles. The number of hydrogen-bond acceptors (Lipinski definition) is 1. The molecule has 1 radical (unpaired) electrons. The first-order chi connectivity index (χ1) is 4.34. The topological polar surface area (TPSA) is 17.3 Å². The van der Waals surface area contributed by atoms with E-state index in [1.165, 1.54) is 25.9 Å². The fourth-order valence-corrected chi connectivity index (χ4v) is 1.90. The van der Waals surface area contributed by atoms with E-state index in [-0.39, 0.29) is 0 Å². The van der Waals surface area contributed by atoms with Crippen LogP contribution >= 0.6 is 0 Å². The molecule has 9 heavy (non-hydrogen) atoms. The number of rotatable bonds is 0. The number of likely N-dealkylation sites (N-methyl/N-ethyl adjacent to an activating group) is 1. The van der Waals surface area contributed by atoms with Gasteiger partial charge in [-0.2, -0.15) is 0 Å². The predicted molar refractivity (Wildman–Crippen MR) is 36.4 cm³/mol. The van der Waals surface area contributed by atoms with Crippen LogP contribution in [-0.4, -0.2) is 37.1 Å². The average molecular weight is 125 g/mol. The molecule has 0 aromatic rings. The largest absolute Gasteiger partial charge is 0.303 e. The summed E-state index contributed by atoms with van der Waals surface area (Å²) in [4.78, 5) is 2.40. The van der Waals surface area contributed by atoms with Crippen molar-refractivity contribution in [3.05, 3.63) is 0 Å². The minimum atomic E-state index is 0.689. The Balaban J connectivity index is 2.03. The zero-order chi connectivity index (χ0) is 6.27. The minimum absolute atomic E-state index is 0.689. The molecule has 2 aliphatic rings. The van der Waals surface area contributed by atoms with Crippen molar-refractivity contribution in [3.8, 4) is 0 Å². The van der Waals surface area contributed by atoms with Gasteiger partial charge in [-0.05, 0) is 19.9 Å². The van der Waals surface area contributed by atoms with Crippen molar-refractivity contribution < 1.29 is 0 Å². The molecule has 2 fully saturated rings. The lowest BCUT2D eigenvalue weighted by Gasteiger charge is -2.27. The summed E-state index contributed by atoms with van der Waals surface area (Å²) in [6.45, 7) is 2.41. The van der Waals surface area contributed by atoms with E-state index in [4.69, 9.17) is 0 Å². The molecule has 0 aromatic carbocycles. The van der Waals surface area contributed by atoms with Crippen LogP contribution in [0.4, 0.5) is 0 Å². The van der Waals surface area contributed by atoms with E-state index in [9.17, 15) is 0 Å². The molecular formula is C7H13N2. The zero-order valence-electron chi connectivity index (χ0n) is 5.88. The number of nitrogens with zero attached hydrogens (tertiary/aromatic N) is 2. The molecule has 2 unspecified atom stereocenters. The Bertz CT molecular complexity index is 101. The fourth-order valence-electron chi connectivity index (χ4n) is 1.90. The van der Waals surface area contributed by atoms with Gasteiger partial charge < -0.3 is 4.90 Å². The van der Waals surface area contributed by atoms with Crippen LogP contribution in [0.1, 0.15) is 12.8 Å². The zero-order valence-corrected chi connectivity index (χ0v) is 5.88. The van der Waals surface area contributed by atoms with E-state index >= 15 is 0 Å². The van der Waals surface area contributed by atoms with Crippen molar-refractivity contribution in [1.82, 2.24) is 10.2 Å². The van der Waals surface area contributed by atoms with Crippen molar-refractivity contribution in [2.45, 2.75) is 24.9 Å². The summed E-state index contributed by atoms with van der Waals surface area (Å²) in [5, 5.41) is 4.60. The van der Waals surface area contributed by atoms with Gasteiger partial charge in [0, 0.05) is 25.2 Å². The van der Waals surface area contributed by atoms with Gasteiger partial charge in [0.05, 0.1) is 0 Å². The Morgan fingerprint density at radius 2 is 1.78 bits per heavy atom. The standard InChI is InChI=1S/C7H13N2/c1-9-4-6-2-3-7(5-9)8-6/h6-7H,2-5H2,1H3. The van der Waals surface area contributed by atoms with Crippen LogP contribution in [0.25, 0.3) is 0 Å². The second kappa shape index (κ2) is 1.96. The van der Waals surface area contributed by atoms with Gasteiger partial charge >= 0.3 is 0 Å². The lowest BCUT2D eigenvalue weighted by Crippen LogP contribution is -2.45. The van der Waals surface area contributed by atoms with E-state index < -0.39 is 0 Å². The van der Waals surface area contributed by atoms with Gasteiger partial charge in [-0.25, -0.2) is 5.32 Å². The molecule has 0 spiro atoms. The van der Waals surface area contributed by atoms with Crippen LogP contribution in [0.2, 0.25) is 0 Å². The number of hydrogen-bond donors (Lipinski definition) is 0. The normalized spacial score (nSPS) is 43.7. The molecule has 2 aliphatic heterocycles. The van der Waals surface area contributed by atoms with E-state index in [1.807, 2.05) is 0 Å². The molecule has 0 aromatic heterocycles. The monoisotopic (exact) mass is 125 g/mol. The summed E-state index contributed by atoms with van der Waals surface area (Å²) >= 11 is 0. The number of likely N-dealkylation sites (tertiary alicyclic amines) is 1. The Hall–Kier alpha value is -0.0800. The molecule has 0 saturated carbocycles. The second-order valence-electron chi connectivity index (χ2n) is 3.26. The van der Waals surface area contributed by atoms with E-state index in [1.54, 1.807) is 0 Å². The van der Waals surface area contributed by atoms with Crippen LogP contribution < -0.4 is 5.32 Å². The molecule has 2 atom stereocenters. The lowest BCUT2D eigenvalue weighted by atomic mass is 10.2. The number of piperazine rings is 1. The summed E-state index contributed by atoms with van der Waals surface area (Å²) in [6.07, 6.45) is 2.68. The molecule has 0 aliphatic carbocycles. The van der Waals surface area contributed by atoms with Crippen molar-refractivity contribution >= 4 is 0 Å². The predicted octanol–water partition coefficient (Wildman–Crippen LogP) is 0.0672. The van der Waals surface area contributed by atoms with Crippen LogP contribution in [0, 0.1) is 0 Å². The Labute approximate surface area is 56.2 Å². The highest BCUT2D eigenvalue weighted by Crippen LogP contribution is 2.20. The molecule has 2 bridgehead atoms. The first kappa shape index (κ1) is 5.69. The summed E-state index contributed by atoms with van der Waals surface area (Å²) in [5.74, 6) is 0. The highest BCUT2D eigenvalue weighted by atomic mass is 15.2. The lowest BCUT2D eigenvalue weighted by molar-refractivity contribution is 0.231. The Morgan fingerprint density at radius 3 is 2.33 bits per heavy atom. The molecule has 2 saturated heterocycles. The maximum Gasteiger partial charge on any atom is 0.0377 e. The highest BCUT2D eigenvalue weighted by molar-refractivity contribution is 4.90. The molecule has 51 valence electrons. The van der Waals surface area contributed by atoms with E-state index in [0.29, 0.717) is 12.1 Å². The summed E-state index contributed by atoms with van der Waals surface area (Å²) in [5.41, 5.74) is 0. The molecule has 0 amide bonds. The molecule has 2 rings (SSSR count). The maximum absolute atomic E-state index is 4.60. The second-order valence-corrected chi connectivity index (χ2v) is 3.26. The van der Waals surface area contributed by atoms with Gasteiger partial charge in [-0.3, -0.25) is 0 Å². The smallest absolute Gasteiger partial charge is 0.0377 e. The van der Waals surface area contributed by atoms with Gasteiger partial charge in [-0.15, -0.1) is 0 Å². The molecule has 2 heteroatoms. The Morgan fingerprint density at radius 1 is 1.22 bits per heavy atom. The maximum atomic E-state index is 4.60. The quantitative estimate of drug-likeness (QED) is 0.448. The molecule has 0 N–H and O–H groups in total. The first-order valence-electron chi connectivity index (χ1n) is 3.73. The van der Waals surface area contributed by atoms with Crippen LogP contribution in [0.3, 0.4) is 0 Å². The van der Waals surface area contributed by atoms with Crippen LogP contribution in [0.5, 0.6) is 0 Å². The van der Waals surface area contributed by atoms with Gasteiger partial charge in [0.15, 0.2) is 0 Å². The van der Waals surface area contributed by atoms with Gasteiger partial charge in [0.1, 0.15) is 0 Å². The SMILES string of the molecule is CN1CC2CCC(C1)[N]2. The third-order valence-corrected chi connectivity index (χ3v) is 2.30. The molecular weight excluding hydrogens is 112 g/mol. The van der Waals surface area contributed by atoms with Gasteiger partial charge in [0.25, 0.3) is 0 Å². The minimum Gasteiger partial charge on any atom is -0.303 e. The van der Waals surface area contributed by atoms with Crippen molar-refractivity contribution in [2.75, 3.05) is 20.1 Å². The van der Waals surface area contributed by atoms with Crippen LogP contribution in [0.15, 0.2) is 0 Å². The van der Waals surface area contributed by atoms with Gasteiger partial charge in [0.2, 0.25) is 0 Å². The highest BCUT2D eigenvalue weighted by Gasteiger charge is 2.31. The number of fused-ring (bicyclic) bond motifs is 2. The summed E-state index contributed by atoms with van der Waals surface area (Å²) in [6, 6.07) is 1.38. The summed E-state index contributed by atoms with van der Waals surface area (Å²) in [7, 11) is 2.19. The fraction of sp³-hybridized carbons (Fsp3) is 1.00. The summed E-state index contributed by atoms with van der Waals surface area (Å²) < 4.78 is 0. The Kier molecular flexibility index (Phi) is 1.24. The average Bonchev–Trinajstić information content (AvgIpc) is 2.11.